The SMILES string of the molecule is Cc1ccccc1CNC(=O)CCC(=O)N1CCN(c2nc3cccnc3s2)CC1. The number of hydrogen-bond acceptors (Lipinski definition) is 6. The van der Waals surface area contributed by atoms with Gasteiger partial charge in [0, 0.05) is 51.8 Å². The van der Waals surface area contributed by atoms with Crippen LogP contribution in [0.25, 0.3) is 10.3 Å². The Kier molecular flexibility index (Phi) is 6.23. The van der Waals surface area contributed by atoms with Gasteiger partial charge in [0.2, 0.25) is 11.8 Å². The molecule has 1 aliphatic rings. The first-order chi connectivity index (χ1) is 14.6. The smallest absolute Gasteiger partial charge is 0.223 e. The highest BCUT2D eigenvalue weighted by Gasteiger charge is 2.23. The molecule has 30 heavy (non-hydrogen) atoms. The largest absolute Gasteiger partial charge is 0.352 e. The fourth-order valence-corrected chi connectivity index (χ4v) is 4.47. The summed E-state index contributed by atoms with van der Waals surface area (Å²) in [6.45, 7) is 5.29. The number of thiazole rings is 1. The quantitative estimate of drug-likeness (QED) is 0.660. The van der Waals surface area contributed by atoms with Crippen LogP contribution < -0.4 is 10.2 Å². The third kappa shape index (κ3) is 4.76. The first kappa shape index (κ1) is 20.3. The van der Waals surface area contributed by atoms with E-state index in [1.807, 2.05) is 48.2 Å². The topological polar surface area (TPSA) is 78.4 Å². The van der Waals surface area contributed by atoms with Gasteiger partial charge in [0.05, 0.1) is 0 Å². The molecule has 0 saturated carbocycles. The van der Waals surface area contributed by atoms with Gasteiger partial charge in [-0.25, -0.2) is 9.97 Å². The fraction of sp³-hybridized carbons (Fsp3) is 0.364. The number of nitrogens with one attached hydrogen (secondary N) is 1. The number of anilines is 1. The van der Waals surface area contributed by atoms with Crippen LogP contribution in [-0.2, 0) is 16.1 Å². The molecule has 0 spiro atoms. The molecular formula is C22H25N5O2S. The molecule has 156 valence electrons. The minimum atomic E-state index is -0.0905. The Bertz CT molecular complexity index is 1010. The van der Waals surface area contributed by atoms with E-state index >= 15 is 0 Å². The summed E-state index contributed by atoms with van der Waals surface area (Å²) in [4.78, 5) is 38.6. The van der Waals surface area contributed by atoms with Gasteiger partial charge in [0.15, 0.2) is 5.13 Å². The van der Waals surface area contributed by atoms with Crippen LogP contribution in [0.1, 0.15) is 24.0 Å². The minimum Gasteiger partial charge on any atom is -0.352 e. The number of nitrogens with zero attached hydrogens (tertiary/aromatic N) is 4. The monoisotopic (exact) mass is 423 g/mol. The summed E-state index contributed by atoms with van der Waals surface area (Å²) in [5.74, 6) is -0.0566. The Balaban J connectivity index is 1.21. The van der Waals surface area contributed by atoms with Crippen LogP contribution >= 0.6 is 11.3 Å². The number of carbonyl (C=O) groups excluding carboxylic acids is 2. The lowest BCUT2D eigenvalue weighted by molar-refractivity contribution is -0.133. The van der Waals surface area contributed by atoms with Crippen LogP contribution in [0.3, 0.4) is 0 Å². The molecule has 8 heteroatoms. The summed E-state index contributed by atoms with van der Waals surface area (Å²) in [5.41, 5.74) is 3.15. The highest BCUT2D eigenvalue weighted by Crippen LogP contribution is 2.27. The first-order valence-corrected chi connectivity index (χ1v) is 11.0. The number of benzene rings is 1. The normalized spacial score (nSPS) is 14.2. The molecule has 2 aromatic heterocycles. The summed E-state index contributed by atoms with van der Waals surface area (Å²) >= 11 is 1.58. The van der Waals surface area contributed by atoms with Crippen molar-refractivity contribution in [3.8, 4) is 0 Å². The van der Waals surface area contributed by atoms with Gasteiger partial charge in [-0.2, -0.15) is 0 Å². The molecule has 0 radical (unpaired) electrons. The standard InChI is InChI=1S/C22H25N5O2S/c1-16-5-2-3-6-17(16)15-24-19(28)8-9-20(29)26-11-13-27(14-12-26)22-25-18-7-4-10-23-21(18)30-22/h2-7,10H,8-9,11-15H2,1H3,(H,24,28). The number of carbonyl (C=O) groups is 2. The number of hydrogen-bond donors (Lipinski definition) is 1. The average molecular weight is 424 g/mol. The van der Waals surface area contributed by atoms with Crippen molar-refractivity contribution in [2.75, 3.05) is 31.1 Å². The molecule has 1 saturated heterocycles. The van der Waals surface area contributed by atoms with Gasteiger partial charge in [-0.05, 0) is 30.2 Å². The van der Waals surface area contributed by atoms with Crippen molar-refractivity contribution in [3.63, 3.8) is 0 Å². The molecule has 1 fully saturated rings. The summed E-state index contributed by atoms with van der Waals surface area (Å²) in [6, 6.07) is 11.8. The molecule has 0 aliphatic carbocycles. The maximum atomic E-state index is 12.5. The highest BCUT2D eigenvalue weighted by molar-refractivity contribution is 7.21. The predicted octanol–water partition coefficient (Wildman–Crippen LogP) is 2.74. The van der Waals surface area contributed by atoms with Gasteiger partial charge in [0.1, 0.15) is 10.3 Å². The molecule has 3 heterocycles. The number of rotatable bonds is 6. The maximum Gasteiger partial charge on any atom is 0.223 e. The minimum absolute atomic E-state index is 0.0339. The molecule has 7 nitrogen and oxygen atoms in total. The second-order valence-corrected chi connectivity index (χ2v) is 8.35. The summed E-state index contributed by atoms with van der Waals surface area (Å²) in [7, 11) is 0. The van der Waals surface area contributed by atoms with Crippen molar-refractivity contribution >= 4 is 38.6 Å². The van der Waals surface area contributed by atoms with Gasteiger partial charge < -0.3 is 15.1 Å². The van der Waals surface area contributed by atoms with Crippen LogP contribution in [0, 0.1) is 6.92 Å². The van der Waals surface area contributed by atoms with E-state index in [1.54, 1.807) is 17.5 Å². The van der Waals surface area contributed by atoms with Gasteiger partial charge in [-0.15, -0.1) is 0 Å². The molecule has 2 amide bonds. The first-order valence-electron chi connectivity index (χ1n) is 10.2. The van der Waals surface area contributed by atoms with Crippen molar-refractivity contribution < 1.29 is 9.59 Å². The lowest BCUT2D eigenvalue weighted by atomic mass is 10.1. The molecule has 0 unspecified atom stereocenters. The van der Waals surface area contributed by atoms with E-state index in [1.165, 1.54) is 0 Å². The van der Waals surface area contributed by atoms with Crippen LogP contribution in [0.4, 0.5) is 5.13 Å². The Labute approximate surface area is 179 Å². The summed E-state index contributed by atoms with van der Waals surface area (Å²) in [5, 5.41) is 3.86. The number of amides is 2. The molecule has 3 aromatic rings. The lowest BCUT2D eigenvalue weighted by Crippen LogP contribution is -2.48. The third-order valence-corrected chi connectivity index (χ3v) is 6.40. The zero-order chi connectivity index (χ0) is 20.9. The van der Waals surface area contributed by atoms with Gasteiger partial charge in [-0.1, -0.05) is 35.6 Å². The van der Waals surface area contributed by atoms with Gasteiger partial charge in [0.25, 0.3) is 0 Å². The Morgan fingerprint density at radius 1 is 1.07 bits per heavy atom. The zero-order valence-electron chi connectivity index (χ0n) is 17.0. The maximum absolute atomic E-state index is 12.5. The Hall–Kier alpha value is -3.00. The third-order valence-electron chi connectivity index (χ3n) is 5.36. The number of pyridine rings is 1. The van der Waals surface area contributed by atoms with Gasteiger partial charge in [-0.3, -0.25) is 9.59 Å². The van der Waals surface area contributed by atoms with Crippen molar-refractivity contribution in [1.82, 2.24) is 20.2 Å². The van der Waals surface area contributed by atoms with Crippen LogP contribution in [-0.4, -0.2) is 52.9 Å². The van der Waals surface area contributed by atoms with E-state index in [2.05, 4.69) is 20.2 Å². The number of aromatic nitrogens is 2. The molecule has 1 N–H and O–H groups in total. The van der Waals surface area contributed by atoms with E-state index in [4.69, 9.17) is 0 Å². The zero-order valence-corrected chi connectivity index (χ0v) is 17.8. The number of piperazine rings is 1. The summed E-state index contributed by atoms with van der Waals surface area (Å²) in [6.07, 6.45) is 2.23. The second-order valence-electron chi connectivity index (χ2n) is 7.40. The molecule has 0 bridgehead atoms. The van der Waals surface area contributed by atoms with Gasteiger partial charge >= 0.3 is 0 Å². The summed E-state index contributed by atoms with van der Waals surface area (Å²) < 4.78 is 0. The average Bonchev–Trinajstić information content (AvgIpc) is 3.21. The molecule has 4 rings (SSSR count). The van der Waals surface area contributed by atoms with Crippen LogP contribution in [0.15, 0.2) is 42.6 Å². The number of fused-ring (bicyclic) bond motifs is 1. The van der Waals surface area contributed by atoms with E-state index in [0.717, 1.165) is 39.7 Å². The molecular weight excluding hydrogens is 398 g/mol. The van der Waals surface area contributed by atoms with Crippen molar-refractivity contribution in [3.05, 3.63) is 53.7 Å². The molecule has 1 aliphatic heterocycles. The van der Waals surface area contributed by atoms with Crippen LogP contribution in [0.2, 0.25) is 0 Å². The van der Waals surface area contributed by atoms with Crippen molar-refractivity contribution in [2.24, 2.45) is 0 Å². The van der Waals surface area contributed by atoms with E-state index in [0.29, 0.717) is 19.6 Å². The Morgan fingerprint density at radius 2 is 1.87 bits per heavy atom. The van der Waals surface area contributed by atoms with Crippen molar-refractivity contribution in [1.29, 1.82) is 0 Å². The number of aryl methyl sites for hydroxylation is 1. The second kappa shape index (κ2) is 9.21. The highest BCUT2D eigenvalue weighted by atomic mass is 32.1. The fourth-order valence-electron chi connectivity index (χ4n) is 3.51. The van der Waals surface area contributed by atoms with E-state index in [9.17, 15) is 9.59 Å². The van der Waals surface area contributed by atoms with Crippen molar-refractivity contribution in [2.45, 2.75) is 26.3 Å². The van der Waals surface area contributed by atoms with E-state index in [-0.39, 0.29) is 24.7 Å². The van der Waals surface area contributed by atoms with Crippen LogP contribution in [0.5, 0.6) is 0 Å². The predicted molar refractivity (Wildman–Crippen MR) is 118 cm³/mol. The van der Waals surface area contributed by atoms with E-state index < -0.39 is 0 Å². The lowest BCUT2D eigenvalue weighted by Gasteiger charge is -2.34. The molecule has 1 aromatic carbocycles. The molecule has 0 atom stereocenters. The Morgan fingerprint density at radius 3 is 2.63 bits per heavy atom.